The maximum absolute atomic E-state index is 11.9. The standard InChI is InChI=1S/C14H14N2O5S/c1-2-21-13(19)8-4-3-5-9(6-8)15-11(17)7-10-12(18)16-14(20)22-10/h3-6,10H,2,7H2,1H3,(H,15,17)(H,16,18,20). The number of thioether (sulfide) groups is 1. The molecule has 0 spiro atoms. The molecule has 0 aromatic heterocycles. The van der Waals surface area contributed by atoms with E-state index in [1.165, 1.54) is 6.07 Å². The summed E-state index contributed by atoms with van der Waals surface area (Å²) in [6.45, 7) is 1.96. The number of carbonyl (C=O) groups is 4. The highest BCUT2D eigenvalue weighted by atomic mass is 32.2. The van der Waals surface area contributed by atoms with Gasteiger partial charge in [0.1, 0.15) is 5.25 Å². The van der Waals surface area contributed by atoms with Crippen molar-refractivity contribution in [1.82, 2.24) is 5.32 Å². The van der Waals surface area contributed by atoms with Gasteiger partial charge in [0, 0.05) is 12.1 Å². The third kappa shape index (κ3) is 4.08. The highest BCUT2D eigenvalue weighted by molar-refractivity contribution is 8.15. The number of ether oxygens (including phenoxy) is 1. The zero-order chi connectivity index (χ0) is 16.1. The van der Waals surface area contributed by atoms with Crippen molar-refractivity contribution in [2.75, 3.05) is 11.9 Å². The van der Waals surface area contributed by atoms with E-state index in [4.69, 9.17) is 4.74 Å². The lowest BCUT2D eigenvalue weighted by Gasteiger charge is -2.08. The number of hydrogen-bond acceptors (Lipinski definition) is 6. The molecule has 1 atom stereocenters. The second-order valence-electron chi connectivity index (χ2n) is 4.44. The van der Waals surface area contributed by atoms with E-state index in [0.29, 0.717) is 11.3 Å². The van der Waals surface area contributed by atoms with E-state index in [-0.39, 0.29) is 13.0 Å². The SMILES string of the molecule is CCOC(=O)c1cccc(NC(=O)CC2SC(=O)NC2=O)c1. The molecular formula is C14H14N2O5S. The van der Waals surface area contributed by atoms with Crippen molar-refractivity contribution in [3.63, 3.8) is 0 Å². The largest absolute Gasteiger partial charge is 0.462 e. The van der Waals surface area contributed by atoms with Crippen LogP contribution in [-0.4, -0.2) is 34.9 Å². The Hall–Kier alpha value is -2.35. The van der Waals surface area contributed by atoms with Gasteiger partial charge < -0.3 is 10.1 Å². The van der Waals surface area contributed by atoms with Crippen LogP contribution < -0.4 is 10.6 Å². The van der Waals surface area contributed by atoms with Gasteiger partial charge >= 0.3 is 5.97 Å². The molecule has 0 radical (unpaired) electrons. The zero-order valence-electron chi connectivity index (χ0n) is 11.8. The lowest BCUT2D eigenvalue weighted by Crippen LogP contribution is -2.27. The number of carbonyl (C=O) groups excluding carboxylic acids is 4. The van der Waals surface area contributed by atoms with Gasteiger partial charge in [-0.3, -0.25) is 19.7 Å². The fraction of sp³-hybridized carbons (Fsp3) is 0.286. The van der Waals surface area contributed by atoms with Gasteiger partial charge in [-0.1, -0.05) is 17.8 Å². The first-order chi connectivity index (χ1) is 10.5. The molecule has 1 aromatic rings. The van der Waals surface area contributed by atoms with Crippen molar-refractivity contribution in [2.24, 2.45) is 0 Å². The first-order valence-corrected chi connectivity index (χ1v) is 7.46. The lowest BCUT2D eigenvalue weighted by molar-refractivity contribution is -0.122. The Kier molecular flexibility index (Phi) is 5.16. The molecule has 7 nitrogen and oxygen atoms in total. The van der Waals surface area contributed by atoms with Gasteiger partial charge in [-0.05, 0) is 25.1 Å². The second-order valence-corrected chi connectivity index (χ2v) is 5.61. The molecule has 1 unspecified atom stereocenters. The normalized spacial score (nSPS) is 17.0. The Bertz CT molecular complexity index is 631. The maximum atomic E-state index is 11.9. The molecule has 2 N–H and O–H groups in total. The number of nitrogens with one attached hydrogen (secondary N) is 2. The predicted molar refractivity (Wildman–Crippen MR) is 80.6 cm³/mol. The molecule has 0 aliphatic carbocycles. The zero-order valence-corrected chi connectivity index (χ0v) is 12.6. The summed E-state index contributed by atoms with van der Waals surface area (Å²) in [7, 11) is 0. The highest BCUT2D eigenvalue weighted by Gasteiger charge is 2.33. The Morgan fingerprint density at radius 1 is 1.36 bits per heavy atom. The molecule has 1 fully saturated rings. The smallest absolute Gasteiger partial charge is 0.338 e. The first kappa shape index (κ1) is 16.0. The molecule has 8 heteroatoms. The van der Waals surface area contributed by atoms with Gasteiger partial charge in [-0.2, -0.15) is 0 Å². The van der Waals surface area contributed by atoms with Crippen LogP contribution in [0.5, 0.6) is 0 Å². The fourth-order valence-corrected chi connectivity index (χ4v) is 2.66. The van der Waals surface area contributed by atoms with Crippen LogP contribution in [-0.2, 0) is 14.3 Å². The van der Waals surface area contributed by atoms with Gasteiger partial charge in [0.15, 0.2) is 0 Å². The van der Waals surface area contributed by atoms with Gasteiger partial charge in [-0.25, -0.2) is 4.79 Å². The van der Waals surface area contributed by atoms with Crippen molar-refractivity contribution in [3.05, 3.63) is 29.8 Å². The number of hydrogen-bond donors (Lipinski definition) is 2. The third-order valence-corrected chi connectivity index (χ3v) is 3.78. The average molecular weight is 322 g/mol. The van der Waals surface area contributed by atoms with Crippen LogP contribution in [0.25, 0.3) is 0 Å². The minimum absolute atomic E-state index is 0.119. The molecule has 1 aliphatic rings. The van der Waals surface area contributed by atoms with Crippen molar-refractivity contribution < 1.29 is 23.9 Å². The Balaban J connectivity index is 1.97. The van der Waals surface area contributed by atoms with E-state index >= 15 is 0 Å². The topological polar surface area (TPSA) is 102 Å². The number of anilines is 1. The Morgan fingerprint density at radius 3 is 2.77 bits per heavy atom. The Morgan fingerprint density at radius 2 is 2.14 bits per heavy atom. The van der Waals surface area contributed by atoms with Gasteiger partial charge in [0.2, 0.25) is 11.8 Å². The van der Waals surface area contributed by atoms with E-state index in [1.54, 1.807) is 25.1 Å². The predicted octanol–water partition coefficient (Wildman–Crippen LogP) is 1.54. The monoisotopic (exact) mass is 322 g/mol. The van der Waals surface area contributed by atoms with E-state index in [9.17, 15) is 19.2 Å². The Labute approximate surface area is 130 Å². The molecule has 2 rings (SSSR count). The van der Waals surface area contributed by atoms with E-state index in [0.717, 1.165) is 11.8 Å². The first-order valence-electron chi connectivity index (χ1n) is 6.58. The van der Waals surface area contributed by atoms with Crippen molar-refractivity contribution >= 4 is 40.5 Å². The molecule has 1 saturated heterocycles. The lowest BCUT2D eigenvalue weighted by atomic mass is 10.2. The number of rotatable bonds is 5. The van der Waals surface area contributed by atoms with E-state index < -0.39 is 28.3 Å². The second kappa shape index (κ2) is 7.08. The quantitative estimate of drug-likeness (QED) is 0.797. The van der Waals surface area contributed by atoms with Crippen LogP contribution in [0.15, 0.2) is 24.3 Å². The summed E-state index contributed by atoms with van der Waals surface area (Å²) in [5, 5.41) is 3.54. The van der Waals surface area contributed by atoms with Gasteiger partial charge in [0.05, 0.1) is 12.2 Å². The van der Waals surface area contributed by atoms with Crippen molar-refractivity contribution in [1.29, 1.82) is 0 Å². The van der Waals surface area contributed by atoms with Crippen LogP contribution in [0.1, 0.15) is 23.7 Å². The van der Waals surface area contributed by atoms with Crippen LogP contribution in [0.2, 0.25) is 0 Å². The fourth-order valence-electron chi connectivity index (χ4n) is 1.85. The van der Waals surface area contributed by atoms with Crippen LogP contribution in [0.3, 0.4) is 0 Å². The van der Waals surface area contributed by atoms with Crippen LogP contribution in [0.4, 0.5) is 10.5 Å². The number of benzene rings is 1. The van der Waals surface area contributed by atoms with Gasteiger partial charge in [-0.15, -0.1) is 0 Å². The molecule has 22 heavy (non-hydrogen) atoms. The molecule has 1 aromatic carbocycles. The van der Waals surface area contributed by atoms with E-state index in [1.807, 2.05) is 0 Å². The summed E-state index contributed by atoms with van der Waals surface area (Å²) in [5.74, 6) is -1.36. The molecule has 1 heterocycles. The highest BCUT2D eigenvalue weighted by Crippen LogP contribution is 2.22. The number of imide groups is 1. The summed E-state index contributed by atoms with van der Waals surface area (Å²) in [4.78, 5) is 45.9. The summed E-state index contributed by atoms with van der Waals surface area (Å²) < 4.78 is 4.88. The molecule has 0 bridgehead atoms. The van der Waals surface area contributed by atoms with Gasteiger partial charge in [0.25, 0.3) is 5.24 Å². The third-order valence-electron chi connectivity index (χ3n) is 2.80. The average Bonchev–Trinajstić information content (AvgIpc) is 2.77. The molecule has 1 aliphatic heterocycles. The molecule has 3 amide bonds. The van der Waals surface area contributed by atoms with Crippen molar-refractivity contribution in [3.8, 4) is 0 Å². The minimum atomic E-state index is -0.722. The summed E-state index contributed by atoms with van der Waals surface area (Å²) >= 11 is 0.793. The van der Waals surface area contributed by atoms with Crippen molar-refractivity contribution in [2.45, 2.75) is 18.6 Å². The van der Waals surface area contributed by atoms with Crippen LogP contribution in [0, 0.1) is 0 Å². The minimum Gasteiger partial charge on any atom is -0.462 e. The summed E-state index contributed by atoms with van der Waals surface area (Å²) in [5.41, 5.74) is 0.744. The summed E-state index contributed by atoms with van der Waals surface area (Å²) in [6, 6.07) is 6.30. The molecular weight excluding hydrogens is 308 g/mol. The summed E-state index contributed by atoms with van der Waals surface area (Å²) in [6.07, 6.45) is -0.119. The maximum Gasteiger partial charge on any atom is 0.338 e. The number of amides is 3. The van der Waals surface area contributed by atoms with Crippen LogP contribution >= 0.6 is 11.8 Å². The van der Waals surface area contributed by atoms with E-state index in [2.05, 4.69) is 10.6 Å². The molecule has 116 valence electrons. The molecule has 0 saturated carbocycles. The number of esters is 1.